The van der Waals surface area contributed by atoms with Gasteiger partial charge in [-0.2, -0.15) is 0 Å². The normalized spacial score (nSPS) is 23.1. The van der Waals surface area contributed by atoms with E-state index in [4.69, 9.17) is 9.47 Å². The lowest BCUT2D eigenvalue weighted by Gasteiger charge is -1.95. The van der Waals surface area contributed by atoms with Crippen molar-refractivity contribution in [3.63, 3.8) is 0 Å². The smallest absolute Gasteiger partial charge is 0.330 e. The minimum atomic E-state index is -0.294. The summed E-state index contributed by atoms with van der Waals surface area (Å²) >= 11 is 0. The van der Waals surface area contributed by atoms with Crippen LogP contribution in [0.4, 0.5) is 0 Å². The lowest BCUT2D eigenvalue weighted by atomic mass is 10.5. The van der Waals surface area contributed by atoms with Crippen LogP contribution in [0.15, 0.2) is 12.2 Å². The zero-order valence-corrected chi connectivity index (χ0v) is 5.87. The van der Waals surface area contributed by atoms with Crippen molar-refractivity contribution in [1.82, 2.24) is 0 Å². The van der Waals surface area contributed by atoms with Gasteiger partial charge in [-0.3, -0.25) is 0 Å². The molecule has 0 aromatic rings. The first-order chi connectivity index (χ1) is 4.83. The second-order valence-corrected chi connectivity index (χ2v) is 2.09. The van der Waals surface area contributed by atoms with Crippen molar-refractivity contribution in [3.8, 4) is 0 Å². The summed E-state index contributed by atoms with van der Waals surface area (Å²) in [7, 11) is 0. The molecule has 0 aromatic heterocycles. The van der Waals surface area contributed by atoms with E-state index < -0.39 is 0 Å². The highest BCUT2D eigenvalue weighted by Crippen LogP contribution is 2.08. The summed E-state index contributed by atoms with van der Waals surface area (Å²) in [5.74, 6) is -0.294. The van der Waals surface area contributed by atoms with Crippen LogP contribution in [0.5, 0.6) is 0 Å². The first kappa shape index (κ1) is 7.28. The van der Waals surface area contributed by atoms with Crippen LogP contribution in [0.25, 0.3) is 0 Å². The maximum absolute atomic E-state index is 10.6. The number of hydrogen-bond acceptors (Lipinski definition) is 3. The van der Waals surface area contributed by atoms with Gasteiger partial charge in [0, 0.05) is 6.08 Å². The molecule has 0 N–H and O–H groups in total. The van der Waals surface area contributed by atoms with E-state index in [2.05, 4.69) is 0 Å². The maximum atomic E-state index is 10.6. The van der Waals surface area contributed by atoms with E-state index >= 15 is 0 Å². The molecule has 10 heavy (non-hydrogen) atoms. The third kappa shape index (κ3) is 2.64. The van der Waals surface area contributed by atoms with Gasteiger partial charge in [-0.15, -0.1) is 0 Å². The molecule has 0 saturated carbocycles. The molecule has 0 aromatic carbocycles. The van der Waals surface area contributed by atoms with Crippen molar-refractivity contribution >= 4 is 5.97 Å². The van der Waals surface area contributed by atoms with Crippen molar-refractivity contribution in [2.24, 2.45) is 0 Å². The molecule has 1 rings (SSSR count). The van der Waals surface area contributed by atoms with Crippen molar-refractivity contribution in [1.29, 1.82) is 0 Å². The molecule has 1 aliphatic heterocycles. The Hall–Kier alpha value is -0.830. The summed E-state index contributed by atoms with van der Waals surface area (Å²) in [6.45, 7) is 2.89. The van der Waals surface area contributed by atoms with Gasteiger partial charge in [0.1, 0.15) is 12.7 Å². The van der Waals surface area contributed by atoms with Gasteiger partial charge in [-0.05, 0) is 6.92 Å². The van der Waals surface area contributed by atoms with Gasteiger partial charge in [-0.25, -0.2) is 4.79 Å². The van der Waals surface area contributed by atoms with E-state index in [1.54, 1.807) is 13.0 Å². The topological polar surface area (TPSA) is 38.8 Å². The number of allylic oxidation sites excluding steroid dienone is 1. The molecule has 0 amide bonds. The van der Waals surface area contributed by atoms with Gasteiger partial charge in [0.25, 0.3) is 0 Å². The van der Waals surface area contributed by atoms with Crippen LogP contribution in [0.2, 0.25) is 0 Å². The number of carbonyl (C=O) groups is 1. The highest BCUT2D eigenvalue weighted by Gasteiger charge is 2.23. The summed E-state index contributed by atoms with van der Waals surface area (Å²) in [5.41, 5.74) is 0. The Morgan fingerprint density at radius 2 is 2.60 bits per heavy atom. The maximum Gasteiger partial charge on any atom is 0.330 e. The Labute approximate surface area is 59.6 Å². The average Bonchev–Trinajstić information content (AvgIpc) is 2.67. The zero-order chi connectivity index (χ0) is 7.40. The summed E-state index contributed by atoms with van der Waals surface area (Å²) in [5, 5.41) is 0. The van der Waals surface area contributed by atoms with Crippen LogP contribution in [-0.4, -0.2) is 25.3 Å². The molecule has 0 unspecified atom stereocenters. The van der Waals surface area contributed by atoms with Crippen LogP contribution >= 0.6 is 0 Å². The second kappa shape index (κ2) is 3.37. The summed E-state index contributed by atoms with van der Waals surface area (Å²) in [6, 6.07) is 0. The van der Waals surface area contributed by atoms with Crippen LogP contribution in [0.3, 0.4) is 0 Å². The van der Waals surface area contributed by atoms with Crippen molar-refractivity contribution in [3.05, 3.63) is 12.2 Å². The van der Waals surface area contributed by atoms with Crippen molar-refractivity contribution < 1.29 is 14.3 Å². The lowest BCUT2D eigenvalue weighted by molar-refractivity contribution is -0.138. The Bertz CT molecular complexity index is 147. The predicted molar refractivity (Wildman–Crippen MR) is 35.5 cm³/mol. The molecule has 56 valence electrons. The molecule has 1 heterocycles. The van der Waals surface area contributed by atoms with Gasteiger partial charge < -0.3 is 9.47 Å². The average molecular weight is 142 g/mol. The number of esters is 1. The van der Waals surface area contributed by atoms with Crippen molar-refractivity contribution in [2.75, 3.05) is 13.2 Å². The number of ether oxygens (including phenoxy) is 2. The zero-order valence-electron chi connectivity index (χ0n) is 5.87. The van der Waals surface area contributed by atoms with Gasteiger partial charge in [-0.1, -0.05) is 6.08 Å². The third-order valence-electron chi connectivity index (χ3n) is 1.12. The summed E-state index contributed by atoms with van der Waals surface area (Å²) < 4.78 is 9.59. The number of epoxide rings is 1. The van der Waals surface area contributed by atoms with E-state index in [0.29, 0.717) is 6.61 Å². The molecule has 0 aliphatic carbocycles. The quantitative estimate of drug-likeness (QED) is 0.327. The van der Waals surface area contributed by atoms with E-state index in [1.165, 1.54) is 6.08 Å². The largest absolute Gasteiger partial charge is 0.460 e. The molecule has 0 bridgehead atoms. The molecule has 0 spiro atoms. The monoisotopic (exact) mass is 142 g/mol. The molecular formula is C7H10O3. The highest BCUT2D eigenvalue weighted by atomic mass is 16.6. The number of carbonyl (C=O) groups excluding carboxylic acids is 1. The van der Waals surface area contributed by atoms with Gasteiger partial charge in [0.05, 0.1) is 6.61 Å². The minimum Gasteiger partial charge on any atom is -0.460 e. The molecule has 1 saturated heterocycles. The molecule has 3 nitrogen and oxygen atoms in total. The summed E-state index contributed by atoms with van der Waals surface area (Å²) in [6.07, 6.45) is 3.20. The standard InChI is InChI=1S/C7H10O3/c1-2-3-7(8)10-5-6-4-9-6/h2-3,6H,4-5H2,1H3/b3-2-/t6-/m1/s1. The first-order valence-corrected chi connectivity index (χ1v) is 3.24. The Kier molecular flexibility index (Phi) is 2.45. The molecule has 1 fully saturated rings. The molecular weight excluding hydrogens is 132 g/mol. The lowest BCUT2D eigenvalue weighted by Crippen LogP contribution is -2.06. The Morgan fingerprint density at radius 1 is 1.90 bits per heavy atom. The van der Waals surface area contributed by atoms with Gasteiger partial charge in [0.2, 0.25) is 0 Å². The van der Waals surface area contributed by atoms with Crippen LogP contribution in [-0.2, 0) is 14.3 Å². The minimum absolute atomic E-state index is 0.161. The Balaban J connectivity index is 2.05. The number of hydrogen-bond donors (Lipinski definition) is 0. The van der Waals surface area contributed by atoms with Crippen LogP contribution in [0, 0.1) is 0 Å². The molecule has 1 aliphatic rings. The van der Waals surface area contributed by atoms with E-state index in [1.807, 2.05) is 0 Å². The fourth-order valence-corrected chi connectivity index (χ4v) is 0.524. The number of rotatable bonds is 3. The Morgan fingerprint density at radius 3 is 3.10 bits per heavy atom. The SMILES string of the molecule is C/C=C\C(=O)OC[C@H]1CO1. The van der Waals surface area contributed by atoms with E-state index in [9.17, 15) is 4.79 Å². The predicted octanol–water partition coefficient (Wildman–Crippen LogP) is 0.505. The van der Waals surface area contributed by atoms with Gasteiger partial charge in [0.15, 0.2) is 0 Å². The molecule has 3 heteroatoms. The summed E-state index contributed by atoms with van der Waals surface area (Å²) in [4.78, 5) is 10.6. The van der Waals surface area contributed by atoms with E-state index in [-0.39, 0.29) is 12.1 Å². The van der Waals surface area contributed by atoms with E-state index in [0.717, 1.165) is 6.61 Å². The molecule has 1 atom stereocenters. The fourth-order valence-electron chi connectivity index (χ4n) is 0.524. The van der Waals surface area contributed by atoms with Crippen LogP contribution < -0.4 is 0 Å². The molecule has 0 radical (unpaired) electrons. The van der Waals surface area contributed by atoms with Crippen molar-refractivity contribution in [2.45, 2.75) is 13.0 Å². The first-order valence-electron chi connectivity index (χ1n) is 3.24. The fraction of sp³-hybridized carbons (Fsp3) is 0.571. The highest BCUT2D eigenvalue weighted by molar-refractivity contribution is 5.81. The third-order valence-corrected chi connectivity index (χ3v) is 1.12. The second-order valence-electron chi connectivity index (χ2n) is 2.09. The van der Waals surface area contributed by atoms with Crippen LogP contribution in [0.1, 0.15) is 6.92 Å². The van der Waals surface area contributed by atoms with Gasteiger partial charge >= 0.3 is 5.97 Å².